The molecule has 1 saturated heterocycles. The molecule has 1 aromatic carbocycles. The van der Waals surface area contributed by atoms with Gasteiger partial charge in [-0.05, 0) is 31.0 Å². The van der Waals surface area contributed by atoms with Crippen LogP contribution >= 0.6 is 11.6 Å². The summed E-state index contributed by atoms with van der Waals surface area (Å²) in [5, 5.41) is 4.37. The Kier molecular flexibility index (Phi) is 3.95. The van der Waals surface area contributed by atoms with E-state index >= 15 is 0 Å². The van der Waals surface area contributed by atoms with E-state index in [9.17, 15) is 0 Å². The topological polar surface area (TPSA) is 15.3 Å². The third-order valence-corrected chi connectivity index (χ3v) is 3.69. The number of rotatable bonds is 2. The molecule has 2 atom stereocenters. The maximum absolute atomic E-state index is 6.09. The normalized spacial score (nSPS) is 25.4. The van der Waals surface area contributed by atoms with Crippen molar-refractivity contribution in [2.75, 3.05) is 18.0 Å². The van der Waals surface area contributed by atoms with Crippen molar-refractivity contribution in [3.8, 4) is 0 Å². The van der Waals surface area contributed by atoms with E-state index in [1.807, 2.05) is 12.1 Å². The van der Waals surface area contributed by atoms with Crippen LogP contribution in [0, 0.1) is 5.92 Å². The molecule has 2 nitrogen and oxygen atoms in total. The molecule has 1 aliphatic heterocycles. The zero-order chi connectivity index (χ0) is 12.4. The summed E-state index contributed by atoms with van der Waals surface area (Å²) in [6, 6.07) is 9.26. The largest absolute Gasteiger partial charge is 0.365 e. The molecule has 0 saturated carbocycles. The molecule has 0 aliphatic carbocycles. The molecule has 94 valence electrons. The van der Waals surface area contributed by atoms with Gasteiger partial charge < -0.3 is 10.2 Å². The highest BCUT2D eigenvalue weighted by Crippen LogP contribution is 2.26. The maximum atomic E-state index is 6.09. The van der Waals surface area contributed by atoms with E-state index in [1.165, 1.54) is 5.69 Å². The van der Waals surface area contributed by atoms with Gasteiger partial charge >= 0.3 is 0 Å². The number of hydrogen-bond donors (Lipinski definition) is 1. The number of nitrogens with zero attached hydrogens (tertiary/aromatic N) is 1. The summed E-state index contributed by atoms with van der Waals surface area (Å²) in [6.45, 7) is 8.88. The third-order valence-electron chi connectivity index (χ3n) is 3.46. The Morgan fingerprint density at radius 2 is 2.18 bits per heavy atom. The average Bonchev–Trinajstić information content (AvgIpc) is 2.28. The first-order valence-corrected chi connectivity index (χ1v) is 6.71. The Morgan fingerprint density at radius 3 is 2.82 bits per heavy atom. The predicted molar refractivity (Wildman–Crippen MR) is 74.9 cm³/mol. The van der Waals surface area contributed by atoms with Gasteiger partial charge in [-0.15, -0.1) is 0 Å². The minimum atomic E-state index is 0.531. The molecule has 0 radical (unpaired) electrons. The van der Waals surface area contributed by atoms with Crippen molar-refractivity contribution >= 4 is 17.3 Å². The highest BCUT2D eigenvalue weighted by molar-refractivity contribution is 6.30. The molecule has 1 aliphatic rings. The van der Waals surface area contributed by atoms with Crippen LogP contribution in [0.4, 0.5) is 5.69 Å². The lowest BCUT2D eigenvalue weighted by Crippen LogP contribution is -2.57. The van der Waals surface area contributed by atoms with Gasteiger partial charge in [0.2, 0.25) is 0 Å². The Hall–Kier alpha value is -0.730. The van der Waals surface area contributed by atoms with Gasteiger partial charge in [0.15, 0.2) is 0 Å². The Labute approximate surface area is 109 Å². The summed E-state index contributed by atoms with van der Waals surface area (Å²) < 4.78 is 0. The zero-order valence-corrected chi connectivity index (χ0v) is 11.5. The van der Waals surface area contributed by atoms with Gasteiger partial charge in [0.25, 0.3) is 0 Å². The molecule has 3 heteroatoms. The monoisotopic (exact) mass is 252 g/mol. The Morgan fingerprint density at radius 1 is 1.41 bits per heavy atom. The summed E-state index contributed by atoms with van der Waals surface area (Å²) in [4.78, 5) is 2.48. The summed E-state index contributed by atoms with van der Waals surface area (Å²) in [7, 11) is 0. The molecule has 1 fully saturated rings. The fourth-order valence-corrected chi connectivity index (χ4v) is 2.66. The number of anilines is 1. The molecule has 0 aromatic heterocycles. The van der Waals surface area contributed by atoms with Crippen molar-refractivity contribution in [1.82, 2.24) is 5.32 Å². The second kappa shape index (κ2) is 5.28. The molecule has 1 aromatic rings. The van der Waals surface area contributed by atoms with Crippen LogP contribution in [0.2, 0.25) is 5.02 Å². The lowest BCUT2D eigenvalue weighted by Gasteiger charge is -2.43. The molecule has 1 heterocycles. The highest BCUT2D eigenvalue weighted by Gasteiger charge is 2.28. The van der Waals surface area contributed by atoms with Crippen LogP contribution < -0.4 is 10.2 Å². The number of benzene rings is 1. The Bertz CT molecular complexity index is 378. The lowest BCUT2D eigenvalue weighted by atomic mass is 9.98. The fourth-order valence-electron chi connectivity index (χ4n) is 2.47. The summed E-state index contributed by atoms with van der Waals surface area (Å²) in [5.41, 5.74) is 1.24. The van der Waals surface area contributed by atoms with Crippen molar-refractivity contribution in [1.29, 1.82) is 0 Å². The van der Waals surface area contributed by atoms with Crippen molar-refractivity contribution in [2.45, 2.75) is 32.9 Å². The van der Waals surface area contributed by atoms with E-state index in [0.29, 0.717) is 18.0 Å². The molecule has 0 amide bonds. The van der Waals surface area contributed by atoms with Gasteiger partial charge in [-0.2, -0.15) is 0 Å². The van der Waals surface area contributed by atoms with E-state index in [-0.39, 0.29) is 0 Å². The minimum Gasteiger partial charge on any atom is -0.365 e. The number of nitrogens with one attached hydrogen (secondary N) is 1. The second-order valence-electron chi connectivity index (χ2n) is 5.25. The molecule has 0 spiro atoms. The first-order chi connectivity index (χ1) is 8.08. The van der Waals surface area contributed by atoms with Crippen LogP contribution in [0.3, 0.4) is 0 Å². The second-order valence-corrected chi connectivity index (χ2v) is 5.69. The summed E-state index contributed by atoms with van der Waals surface area (Å²) >= 11 is 6.09. The number of piperazine rings is 1. The van der Waals surface area contributed by atoms with Crippen molar-refractivity contribution < 1.29 is 0 Å². The average molecular weight is 253 g/mol. The van der Waals surface area contributed by atoms with Crippen molar-refractivity contribution in [3.05, 3.63) is 29.3 Å². The smallest absolute Gasteiger partial charge is 0.0438 e. The molecule has 2 rings (SSSR count). The van der Waals surface area contributed by atoms with Crippen molar-refractivity contribution in [3.63, 3.8) is 0 Å². The van der Waals surface area contributed by atoms with Crippen LogP contribution in [-0.2, 0) is 0 Å². The van der Waals surface area contributed by atoms with Gasteiger partial charge in [0.05, 0.1) is 0 Å². The van der Waals surface area contributed by atoms with Crippen LogP contribution in [0.15, 0.2) is 24.3 Å². The van der Waals surface area contributed by atoms with Crippen molar-refractivity contribution in [2.24, 2.45) is 5.92 Å². The minimum absolute atomic E-state index is 0.531. The van der Waals surface area contributed by atoms with Crippen LogP contribution in [-0.4, -0.2) is 25.2 Å². The number of hydrogen-bond acceptors (Lipinski definition) is 2. The highest BCUT2D eigenvalue weighted by atomic mass is 35.5. The predicted octanol–water partition coefficient (Wildman–Crippen LogP) is 3.16. The zero-order valence-electron chi connectivity index (χ0n) is 10.8. The molecular formula is C14H21ClN2. The summed E-state index contributed by atoms with van der Waals surface area (Å²) in [6.07, 6.45) is 0. The third kappa shape index (κ3) is 2.93. The van der Waals surface area contributed by atoms with Gasteiger partial charge in [-0.1, -0.05) is 31.5 Å². The van der Waals surface area contributed by atoms with Crippen LogP contribution in [0.25, 0.3) is 0 Å². The SMILES string of the molecule is CC1CN(c2cccc(Cl)c2)C(C(C)C)CN1. The maximum Gasteiger partial charge on any atom is 0.0438 e. The quantitative estimate of drug-likeness (QED) is 0.870. The Balaban J connectivity index is 2.25. The van der Waals surface area contributed by atoms with Crippen LogP contribution in [0.5, 0.6) is 0 Å². The standard InChI is InChI=1S/C14H21ClN2/c1-10(2)14-8-16-11(3)9-17(14)13-6-4-5-12(15)7-13/h4-7,10-11,14,16H,8-9H2,1-3H3. The van der Waals surface area contributed by atoms with Gasteiger partial charge in [-0.3, -0.25) is 0 Å². The molecule has 17 heavy (non-hydrogen) atoms. The van der Waals surface area contributed by atoms with Gasteiger partial charge in [0.1, 0.15) is 0 Å². The van der Waals surface area contributed by atoms with E-state index in [2.05, 4.69) is 43.1 Å². The van der Waals surface area contributed by atoms with Gasteiger partial charge in [0, 0.05) is 35.9 Å². The van der Waals surface area contributed by atoms with Crippen LogP contribution in [0.1, 0.15) is 20.8 Å². The number of halogens is 1. The first kappa shape index (κ1) is 12.7. The van der Waals surface area contributed by atoms with Gasteiger partial charge in [-0.25, -0.2) is 0 Å². The molecule has 1 N–H and O–H groups in total. The van der Waals surface area contributed by atoms with E-state index < -0.39 is 0 Å². The van der Waals surface area contributed by atoms with E-state index in [4.69, 9.17) is 11.6 Å². The van der Waals surface area contributed by atoms with E-state index in [1.54, 1.807) is 0 Å². The van der Waals surface area contributed by atoms with E-state index in [0.717, 1.165) is 18.1 Å². The molecular weight excluding hydrogens is 232 g/mol. The first-order valence-electron chi connectivity index (χ1n) is 6.33. The lowest BCUT2D eigenvalue weighted by molar-refractivity contribution is 0.349. The molecule has 2 unspecified atom stereocenters. The summed E-state index contributed by atoms with van der Waals surface area (Å²) in [5.74, 6) is 0.633. The molecule has 0 bridgehead atoms. The fraction of sp³-hybridized carbons (Fsp3) is 0.571.